The van der Waals surface area contributed by atoms with E-state index in [1.165, 1.54) is 45.3 Å². The highest BCUT2D eigenvalue weighted by Gasteiger charge is 2.32. The maximum Gasteiger partial charge on any atom is 0.0106 e. The van der Waals surface area contributed by atoms with Crippen molar-refractivity contribution in [3.05, 3.63) is 0 Å². The van der Waals surface area contributed by atoms with Crippen LogP contribution >= 0.6 is 11.8 Å². The Hall–Kier alpha value is 0.270. The van der Waals surface area contributed by atoms with Gasteiger partial charge in [0.25, 0.3) is 0 Å². The molecular weight excluding hydrogens is 204 g/mol. The summed E-state index contributed by atoms with van der Waals surface area (Å²) < 4.78 is 0. The molecule has 3 unspecified atom stereocenters. The standard InChI is InChI=1S/C12H24N2S/c1-13-8-10-5-6-14(9-10)11-3-4-12(7-11)15-2/h10-13H,3-9H2,1-2H3. The second-order valence-corrected chi connectivity index (χ2v) is 6.17. The van der Waals surface area contributed by atoms with Crippen LogP contribution in [0.15, 0.2) is 0 Å². The van der Waals surface area contributed by atoms with E-state index in [0.717, 1.165) is 17.2 Å². The Labute approximate surface area is 98.2 Å². The molecule has 1 aliphatic carbocycles. The summed E-state index contributed by atoms with van der Waals surface area (Å²) in [6.45, 7) is 3.89. The average molecular weight is 228 g/mol. The van der Waals surface area contributed by atoms with Gasteiger partial charge in [0.05, 0.1) is 0 Å². The van der Waals surface area contributed by atoms with Gasteiger partial charge in [-0.1, -0.05) is 0 Å². The fraction of sp³-hybridized carbons (Fsp3) is 1.00. The molecule has 0 aromatic carbocycles. The molecule has 1 N–H and O–H groups in total. The monoisotopic (exact) mass is 228 g/mol. The summed E-state index contributed by atoms with van der Waals surface area (Å²) in [5, 5.41) is 4.25. The third-order valence-corrected chi connectivity index (χ3v) is 5.11. The van der Waals surface area contributed by atoms with E-state index in [9.17, 15) is 0 Å². The van der Waals surface area contributed by atoms with E-state index in [4.69, 9.17) is 0 Å². The Morgan fingerprint density at radius 2 is 2.20 bits per heavy atom. The Morgan fingerprint density at radius 1 is 1.33 bits per heavy atom. The molecule has 0 amide bonds. The summed E-state index contributed by atoms with van der Waals surface area (Å²) in [6, 6.07) is 0.907. The van der Waals surface area contributed by atoms with Gasteiger partial charge in [-0.15, -0.1) is 0 Å². The zero-order chi connectivity index (χ0) is 10.7. The second-order valence-electron chi connectivity index (χ2n) is 5.03. The molecule has 1 saturated carbocycles. The van der Waals surface area contributed by atoms with Crippen LogP contribution in [0.25, 0.3) is 0 Å². The molecule has 2 fully saturated rings. The van der Waals surface area contributed by atoms with Crippen molar-refractivity contribution < 1.29 is 0 Å². The summed E-state index contributed by atoms with van der Waals surface area (Å²) in [5.41, 5.74) is 0. The van der Waals surface area contributed by atoms with Gasteiger partial charge in [0.15, 0.2) is 0 Å². The first-order valence-corrected chi connectivity index (χ1v) is 7.53. The van der Waals surface area contributed by atoms with Gasteiger partial charge in [-0.2, -0.15) is 11.8 Å². The molecule has 2 nitrogen and oxygen atoms in total. The molecule has 1 aliphatic heterocycles. The van der Waals surface area contributed by atoms with Gasteiger partial charge in [-0.25, -0.2) is 0 Å². The molecule has 2 aliphatic rings. The first-order valence-electron chi connectivity index (χ1n) is 6.25. The van der Waals surface area contributed by atoms with Gasteiger partial charge in [0.2, 0.25) is 0 Å². The van der Waals surface area contributed by atoms with Crippen LogP contribution in [-0.2, 0) is 0 Å². The van der Waals surface area contributed by atoms with Crippen LogP contribution in [0.4, 0.5) is 0 Å². The number of hydrogen-bond donors (Lipinski definition) is 1. The Morgan fingerprint density at radius 3 is 2.87 bits per heavy atom. The average Bonchev–Trinajstić information content (AvgIpc) is 2.85. The van der Waals surface area contributed by atoms with Crippen molar-refractivity contribution in [2.24, 2.45) is 5.92 Å². The van der Waals surface area contributed by atoms with Gasteiger partial charge in [0, 0.05) is 17.8 Å². The van der Waals surface area contributed by atoms with Gasteiger partial charge < -0.3 is 10.2 Å². The van der Waals surface area contributed by atoms with Crippen molar-refractivity contribution in [2.45, 2.75) is 37.0 Å². The van der Waals surface area contributed by atoms with E-state index in [-0.39, 0.29) is 0 Å². The van der Waals surface area contributed by atoms with Gasteiger partial charge >= 0.3 is 0 Å². The minimum absolute atomic E-state index is 0.906. The fourth-order valence-electron chi connectivity index (χ4n) is 3.11. The topological polar surface area (TPSA) is 15.3 Å². The van der Waals surface area contributed by atoms with Crippen LogP contribution in [0.2, 0.25) is 0 Å². The third kappa shape index (κ3) is 2.89. The molecule has 3 atom stereocenters. The van der Waals surface area contributed by atoms with Crippen molar-refractivity contribution in [3.8, 4) is 0 Å². The van der Waals surface area contributed by atoms with Crippen LogP contribution in [0.5, 0.6) is 0 Å². The van der Waals surface area contributed by atoms with Crippen LogP contribution in [0, 0.1) is 5.92 Å². The summed E-state index contributed by atoms with van der Waals surface area (Å²) in [6.07, 6.45) is 7.99. The van der Waals surface area contributed by atoms with E-state index in [1.807, 2.05) is 0 Å². The highest BCUT2D eigenvalue weighted by Crippen LogP contribution is 2.33. The molecule has 3 heteroatoms. The van der Waals surface area contributed by atoms with Gasteiger partial charge in [-0.05, 0) is 58.0 Å². The fourth-order valence-corrected chi connectivity index (χ4v) is 3.90. The lowest BCUT2D eigenvalue weighted by Crippen LogP contribution is -2.32. The molecule has 2 rings (SSSR count). The SMILES string of the molecule is CNCC1CCN(C2CCC(SC)C2)C1. The molecule has 0 radical (unpaired) electrons. The lowest BCUT2D eigenvalue weighted by molar-refractivity contribution is 0.237. The molecule has 0 bridgehead atoms. The number of rotatable bonds is 4. The number of nitrogens with one attached hydrogen (secondary N) is 1. The number of likely N-dealkylation sites (tertiary alicyclic amines) is 1. The maximum absolute atomic E-state index is 3.31. The Kier molecular flexibility index (Phi) is 4.35. The normalized spacial score (nSPS) is 37.6. The van der Waals surface area contributed by atoms with E-state index >= 15 is 0 Å². The van der Waals surface area contributed by atoms with Crippen molar-refractivity contribution >= 4 is 11.8 Å². The lowest BCUT2D eigenvalue weighted by Gasteiger charge is -2.23. The van der Waals surface area contributed by atoms with Crippen LogP contribution in [-0.4, -0.2) is 49.1 Å². The van der Waals surface area contributed by atoms with Crippen LogP contribution in [0.1, 0.15) is 25.7 Å². The van der Waals surface area contributed by atoms with E-state index in [2.05, 4.69) is 35.3 Å². The lowest BCUT2D eigenvalue weighted by atomic mass is 10.1. The smallest absolute Gasteiger partial charge is 0.0106 e. The zero-order valence-corrected chi connectivity index (χ0v) is 10.9. The second kappa shape index (κ2) is 5.55. The largest absolute Gasteiger partial charge is 0.319 e. The van der Waals surface area contributed by atoms with Crippen molar-refractivity contribution in [3.63, 3.8) is 0 Å². The Bertz CT molecular complexity index is 198. The van der Waals surface area contributed by atoms with Crippen molar-refractivity contribution in [1.29, 1.82) is 0 Å². The van der Waals surface area contributed by atoms with Crippen LogP contribution in [0.3, 0.4) is 0 Å². The zero-order valence-electron chi connectivity index (χ0n) is 10.0. The molecule has 0 aromatic rings. The first-order chi connectivity index (χ1) is 7.33. The molecule has 15 heavy (non-hydrogen) atoms. The summed E-state index contributed by atoms with van der Waals surface area (Å²) in [5.74, 6) is 0.906. The highest BCUT2D eigenvalue weighted by molar-refractivity contribution is 7.99. The van der Waals surface area contributed by atoms with E-state index < -0.39 is 0 Å². The van der Waals surface area contributed by atoms with Crippen molar-refractivity contribution in [2.75, 3.05) is 32.9 Å². The maximum atomic E-state index is 3.31. The summed E-state index contributed by atoms with van der Waals surface area (Å²) in [7, 11) is 2.07. The minimum atomic E-state index is 0.906. The molecule has 1 saturated heterocycles. The minimum Gasteiger partial charge on any atom is -0.319 e. The van der Waals surface area contributed by atoms with Crippen LogP contribution < -0.4 is 5.32 Å². The Balaban J connectivity index is 1.76. The molecule has 1 heterocycles. The van der Waals surface area contributed by atoms with Gasteiger partial charge in [0.1, 0.15) is 0 Å². The summed E-state index contributed by atoms with van der Waals surface area (Å²) >= 11 is 2.07. The third-order valence-electron chi connectivity index (χ3n) is 4.02. The molecule has 88 valence electrons. The first kappa shape index (κ1) is 11.7. The predicted octanol–water partition coefficient (Wildman–Crippen LogP) is 1.81. The highest BCUT2D eigenvalue weighted by atomic mass is 32.2. The molecule has 0 spiro atoms. The molecule has 0 aromatic heterocycles. The van der Waals surface area contributed by atoms with E-state index in [1.54, 1.807) is 0 Å². The van der Waals surface area contributed by atoms with E-state index in [0.29, 0.717) is 0 Å². The number of hydrogen-bond acceptors (Lipinski definition) is 3. The number of thioether (sulfide) groups is 1. The molecular formula is C12H24N2S. The predicted molar refractivity (Wildman–Crippen MR) is 68.5 cm³/mol. The quantitative estimate of drug-likeness (QED) is 0.790. The number of nitrogens with zero attached hydrogens (tertiary/aromatic N) is 1. The van der Waals surface area contributed by atoms with Crippen molar-refractivity contribution in [1.82, 2.24) is 10.2 Å². The summed E-state index contributed by atoms with van der Waals surface area (Å²) in [4.78, 5) is 2.75. The van der Waals surface area contributed by atoms with Gasteiger partial charge in [-0.3, -0.25) is 0 Å².